The Morgan fingerprint density at radius 1 is 0.923 bits per heavy atom. The minimum atomic E-state index is -0.256. The Labute approximate surface area is 234 Å². The molecule has 39 heavy (non-hydrogen) atoms. The van der Waals surface area contributed by atoms with Crippen molar-refractivity contribution in [2.45, 2.75) is 18.9 Å². The van der Waals surface area contributed by atoms with Crippen molar-refractivity contribution in [3.05, 3.63) is 89.0 Å². The average molecular weight is 547 g/mol. The van der Waals surface area contributed by atoms with Gasteiger partial charge in [0, 0.05) is 16.8 Å². The third kappa shape index (κ3) is 5.46. The van der Waals surface area contributed by atoms with Gasteiger partial charge in [0.1, 0.15) is 33.6 Å². The van der Waals surface area contributed by atoms with Gasteiger partial charge >= 0.3 is 0 Å². The second kappa shape index (κ2) is 11.0. The Morgan fingerprint density at radius 2 is 1.59 bits per heavy atom. The first kappa shape index (κ1) is 25.9. The molecule has 0 aliphatic carbocycles. The van der Waals surface area contributed by atoms with E-state index in [0.717, 1.165) is 38.1 Å². The topological polar surface area (TPSA) is 128 Å². The van der Waals surface area contributed by atoms with Crippen LogP contribution in [0.1, 0.15) is 22.3 Å². The predicted molar refractivity (Wildman–Crippen MR) is 157 cm³/mol. The van der Waals surface area contributed by atoms with E-state index < -0.39 is 0 Å². The maximum atomic E-state index is 12.8. The van der Waals surface area contributed by atoms with Crippen molar-refractivity contribution in [2.24, 2.45) is 0 Å². The number of thiazole rings is 1. The standard InChI is InChI=1S/C30H22N6OS2/c1-17-3-6-19(7-4-17)27-22(14-31)28(33)36-30(23(27)15-32)38-16-26(37)34-21-10-8-20(9-11-21)29-35-24-12-5-18(2)13-25(24)39-29/h3-13H,16H2,1-2H3,(H2,33,36)(H,34,37). The molecule has 9 heteroatoms. The van der Waals surface area contributed by atoms with E-state index in [-0.39, 0.29) is 28.6 Å². The zero-order valence-corrected chi connectivity index (χ0v) is 22.8. The van der Waals surface area contributed by atoms with Crippen molar-refractivity contribution in [2.75, 3.05) is 16.8 Å². The van der Waals surface area contributed by atoms with Crippen molar-refractivity contribution in [1.29, 1.82) is 10.5 Å². The highest BCUT2D eigenvalue weighted by Crippen LogP contribution is 2.36. The molecule has 0 bridgehead atoms. The van der Waals surface area contributed by atoms with Crippen LogP contribution in [0.5, 0.6) is 0 Å². The molecule has 7 nitrogen and oxygen atoms in total. The normalized spacial score (nSPS) is 10.7. The largest absolute Gasteiger partial charge is 0.383 e. The summed E-state index contributed by atoms with van der Waals surface area (Å²) in [6.07, 6.45) is 0. The Bertz CT molecular complexity index is 1800. The molecule has 5 aromatic rings. The van der Waals surface area contributed by atoms with Gasteiger partial charge in [0.25, 0.3) is 0 Å². The van der Waals surface area contributed by atoms with Crippen molar-refractivity contribution in [1.82, 2.24) is 9.97 Å². The molecule has 0 saturated carbocycles. The van der Waals surface area contributed by atoms with Crippen LogP contribution < -0.4 is 11.1 Å². The van der Waals surface area contributed by atoms with Crippen LogP contribution in [0.25, 0.3) is 31.9 Å². The molecule has 0 atom stereocenters. The lowest BCUT2D eigenvalue weighted by Crippen LogP contribution is -2.14. The number of amides is 1. The molecular weight excluding hydrogens is 525 g/mol. The number of carbonyl (C=O) groups excluding carboxylic acids is 1. The highest BCUT2D eigenvalue weighted by molar-refractivity contribution is 8.00. The number of benzene rings is 3. The van der Waals surface area contributed by atoms with Crippen LogP contribution >= 0.6 is 23.1 Å². The van der Waals surface area contributed by atoms with Gasteiger partial charge in [0.2, 0.25) is 5.91 Å². The van der Waals surface area contributed by atoms with Crippen molar-refractivity contribution in [3.63, 3.8) is 0 Å². The van der Waals surface area contributed by atoms with Gasteiger partial charge in [-0.2, -0.15) is 10.5 Å². The number of rotatable bonds is 6. The molecule has 0 unspecified atom stereocenters. The Hall–Kier alpha value is -4.70. The van der Waals surface area contributed by atoms with E-state index in [1.54, 1.807) is 11.3 Å². The SMILES string of the molecule is Cc1ccc(-c2c(C#N)c(N)nc(SCC(=O)Nc3ccc(-c4nc5ccc(C)cc5s4)cc3)c2C#N)cc1. The van der Waals surface area contributed by atoms with Gasteiger partial charge in [0.15, 0.2) is 0 Å². The van der Waals surface area contributed by atoms with Crippen LogP contribution in [0.4, 0.5) is 11.5 Å². The van der Waals surface area contributed by atoms with Gasteiger partial charge < -0.3 is 11.1 Å². The second-order valence-electron chi connectivity index (χ2n) is 8.92. The predicted octanol–water partition coefficient (Wildman–Crippen LogP) is 6.70. The van der Waals surface area contributed by atoms with E-state index >= 15 is 0 Å². The number of nitrogens with zero attached hydrogens (tertiary/aromatic N) is 4. The zero-order valence-electron chi connectivity index (χ0n) is 21.1. The molecule has 3 aromatic carbocycles. The summed E-state index contributed by atoms with van der Waals surface area (Å²) in [7, 11) is 0. The molecule has 0 fully saturated rings. The number of nitrogen functional groups attached to an aromatic ring is 1. The fourth-order valence-corrected chi connectivity index (χ4v) is 5.96. The number of fused-ring (bicyclic) bond motifs is 1. The molecule has 1 amide bonds. The van der Waals surface area contributed by atoms with Gasteiger partial charge in [0.05, 0.1) is 21.5 Å². The lowest BCUT2D eigenvalue weighted by Gasteiger charge is -2.13. The summed E-state index contributed by atoms with van der Waals surface area (Å²) < 4.78 is 1.14. The zero-order chi connectivity index (χ0) is 27.5. The number of thioether (sulfide) groups is 1. The number of aromatic nitrogens is 2. The highest BCUT2D eigenvalue weighted by atomic mass is 32.2. The Morgan fingerprint density at radius 3 is 2.28 bits per heavy atom. The van der Waals surface area contributed by atoms with E-state index in [2.05, 4.69) is 35.4 Å². The molecule has 2 aromatic heterocycles. The minimum Gasteiger partial charge on any atom is -0.383 e. The van der Waals surface area contributed by atoms with Gasteiger partial charge in [-0.15, -0.1) is 11.3 Å². The molecule has 0 saturated heterocycles. The molecule has 0 spiro atoms. The van der Waals surface area contributed by atoms with Gasteiger partial charge in [-0.1, -0.05) is 47.7 Å². The number of pyridine rings is 1. The summed E-state index contributed by atoms with van der Waals surface area (Å²) in [5.74, 6) is -0.219. The van der Waals surface area contributed by atoms with Crippen LogP contribution in [0.2, 0.25) is 0 Å². The highest BCUT2D eigenvalue weighted by Gasteiger charge is 2.21. The smallest absolute Gasteiger partial charge is 0.234 e. The van der Waals surface area contributed by atoms with E-state index in [9.17, 15) is 15.3 Å². The number of carbonyl (C=O) groups is 1. The minimum absolute atomic E-state index is 0.0132. The number of aryl methyl sites for hydroxylation is 2. The monoisotopic (exact) mass is 546 g/mol. The van der Waals surface area contributed by atoms with Crippen LogP contribution in [-0.2, 0) is 4.79 Å². The van der Waals surface area contributed by atoms with Crippen LogP contribution in [0.3, 0.4) is 0 Å². The van der Waals surface area contributed by atoms with Crippen molar-refractivity contribution >= 4 is 50.7 Å². The number of nitrogens with two attached hydrogens (primary N) is 1. The van der Waals surface area contributed by atoms with Gasteiger partial charge in [-0.25, -0.2) is 9.97 Å². The molecule has 0 aliphatic rings. The molecule has 2 heterocycles. The summed E-state index contributed by atoms with van der Waals surface area (Å²) in [6, 6.07) is 25.4. The quantitative estimate of drug-likeness (QED) is 0.227. The lowest BCUT2D eigenvalue weighted by molar-refractivity contribution is -0.113. The van der Waals surface area contributed by atoms with E-state index in [1.165, 1.54) is 5.56 Å². The van der Waals surface area contributed by atoms with Crippen molar-refractivity contribution in [3.8, 4) is 33.8 Å². The Balaban J connectivity index is 1.31. The number of hydrogen-bond acceptors (Lipinski definition) is 8. The van der Waals surface area contributed by atoms with Crippen LogP contribution in [0, 0.1) is 36.5 Å². The number of anilines is 2. The third-order valence-corrected chi connectivity index (χ3v) is 8.10. The Kier molecular flexibility index (Phi) is 7.29. The maximum absolute atomic E-state index is 12.8. The van der Waals surface area contributed by atoms with Gasteiger partial charge in [-0.3, -0.25) is 4.79 Å². The molecule has 0 radical (unpaired) electrons. The summed E-state index contributed by atoms with van der Waals surface area (Å²) in [5.41, 5.74) is 12.4. The maximum Gasteiger partial charge on any atom is 0.234 e. The molecule has 190 valence electrons. The molecule has 5 rings (SSSR count). The summed E-state index contributed by atoms with van der Waals surface area (Å²) in [5, 5.41) is 23.7. The second-order valence-corrected chi connectivity index (χ2v) is 10.9. The molecule has 3 N–H and O–H groups in total. The first-order valence-electron chi connectivity index (χ1n) is 12.0. The average Bonchev–Trinajstić information content (AvgIpc) is 3.35. The fourth-order valence-electron chi connectivity index (χ4n) is 4.09. The number of hydrogen-bond donors (Lipinski definition) is 2. The summed E-state index contributed by atoms with van der Waals surface area (Å²) >= 11 is 2.74. The van der Waals surface area contributed by atoms with E-state index in [0.29, 0.717) is 21.8 Å². The third-order valence-electron chi connectivity index (χ3n) is 6.06. The van der Waals surface area contributed by atoms with Crippen LogP contribution in [0.15, 0.2) is 71.8 Å². The molecule has 0 aliphatic heterocycles. The summed E-state index contributed by atoms with van der Waals surface area (Å²) in [6.45, 7) is 4.02. The van der Waals surface area contributed by atoms with E-state index in [4.69, 9.17) is 10.7 Å². The summed E-state index contributed by atoms with van der Waals surface area (Å²) in [4.78, 5) is 21.7. The van der Waals surface area contributed by atoms with Crippen molar-refractivity contribution < 1.29 is 4.79 Å². The number of nitriles is 2. The first-order valence-corrected chi connectivity index (χ1v) is 13.8. The lowest BCUT2D eigenvalue weighted by atomic mass is 9.96. The van der Waals surface area contributed by atoms with E-state index in [1.807, 2.05) is 67.6 Å². The van der Waals surface area contributed by atoms with Gasteiger partial charge in [-0.05, 0) is 61.4 Å². The first-order chi connectivity index (χ1) is 18.9. The van der Waals surface area contributed by atoms with Crippen LogP contribution in [-0.4, -0.2) is 21.6 Å². The number of nitrogens with one attached hydrogen (secondary N) is 1. The molecular formula is C30H22N6OS2. The fraction of sp³-hybridized carbons (Fsp3) is 0.100.